The van der Waals surface area contributed by atoms with Crippen molar-refractivity contribution in [1.29, 1.82) is 0 Å². The van der Waals surface area contributed by atoms with Gasteiger partial charge in [-0.3, -0.25) is 10.1 Å². The van der Waals surface area contributed by atoms with E-state index in [0.29, 0.717) is 27.2 Å². The van der Waals surface area contributed by atoms with Crippen molar-refractivity contribution in [2.24, 2.45) is 0 Å². The second-order valence-electron chi connectivity index (χ2n) is 5.07. The summed E-state index contributed by atoms with van der Waals surface area (Å²) in [6.07, 6.45) is 0. The molecule has 0 aliphatic carbocycles. The number of thiazole rings is 1. The highest BCUT2D eigenvalue weighted by molar-refractivity contribution is 7.14. The number of amides is 1. The van der Waals surface area contributed by atoms with Crippen molar-refractivity contribution in [3.63, 3.8) is 0 Å². The van der Waals surface area contributed by atoms with Crippen molar-refractivity contribution in [3.05, 3.63) is 58.4 Å². The summed E-state index contributed by atoms with van der Waals surface area (Å²) in [6, 6.07) is 12.2. The number of ether oxygens (including phenoxy) is 2. The molecule has 3 rings (SSSR count). The van der Waals surface area contributed by atoms with E-state index in [0.717, 1.165) is 11.3 Å². The summed E-state index contributed by atoms with van der Waals surface area (Å²) in [5.41, 5.74) is 2.06. The molecule has 25 heavy (non-hydrogen) atoms. The van der Waals surface area contributed by atoms with E-state index in [4.69, 9.17) is 21.1 Å². The average molecular weight is 375 g/mol. The second-order valence-corrected chi connectivity index (χ2v) is 6.36. The van der Waals surface area contributed by atoms with E-state index in [-0.39, 0.29) is 5.91 Å². The van der Waals surface area contributed by atoms with Gasteiger partial charge in [0, 0.05) is 27.6 Å². The maximum Gasteiger partial charge on any atom is 0.257 e. The van der Waals surface area contributed by atoms with Crippen LogP contribution >= 0.6 is 22.9 Å². The highest BCUT2D eigenvalue weighted by atomic mass is 35.5. The van der Waals surface area contributed by atoms with E-state index < -0.39 is 0 Å². The van der Waals surface area contributed by atoms with Gasteiger partial charge in [-0.2, -0.15) is 0 Å². The Bertz CT molecular complexity index is 894. The lowest BCUT2D eigenvalue weighted by Crippen LogP contribution is -2.11. The number of aromatic nitrogens is 1. The van der Waals surface area contributed by atoms with Crippen LogP contribution in [0.3, 0.4) is 0 Å². The Morgan fingerprint density at radius 2 is 1.88 bits per heavy atom. The van der Waals surface area contributed by atoms with Crippen LogP contribution in [0, 0.1) is 0 Å². The zero-order chi connectivity index (χ0) is 17.8. The SMILES string of the molecule is COc1ccc(-c2csc(NC(=O)c3ccc(Cl)cc3)n2)c(OC)c1. The summed E-state index contributed by atoms with van der Waals surface area (Å²) in [4.78, 5) is 16.7. The van der Waals surface area contributed by atoms with Gasteiger partial charge in [0.15, 0.2) is 5.13 Å². The van der Waals surface area contributed by atoms with Gasteiger partial charge in [-0.15, -0.1) is 11.3 Å². The van der Waals surface area contributed by atoms with Crippen LogP contribution in [0.5, 0.6) is 11.5 Å². The number of carbonyl (C=O) groups is 1. The number of benzene rings is 2. The third-order valence-corrected chi connectivity index (χ3v) is 4.53. The van der Waals surface area contributed by atoms with E-state index >= 15 is 0 Å². The molecule has 1 amide bonds. The molecule has 0 fully saturated rings. The summed E-state index contributed by atoms with van der Waals surface area (Å²) in [5, 5.41) is 5.74. The molecule has 0 bridgehead atoms. The highest BCUT2D eigenvalue weighted by Gasteiger charge is 2.13. The Morgan fingerprint density at radius 1 is 1.12 bits per heavy atom. The van der Waals surface area contributed by atoms with Crippen LogP contribution in [0.25, 0.3) is 11.3 Å². The molecule has 0 atom stereocenters. The number of halogens is 1. The minimum absolute atomic E-state index is 0.237. The molecule has 0 aliphatic rings. The van der Waals surface area contributed by atoms with Gasteiger partial charge in [-0.05, 0) is 36.4 Å². The fraction of sp³-hybridized carbons (Fsp3) is 0.111. The Hall–Kier alpha value is -2.57. The van der Waals surface area contributed by atoms with E-state index in [2.05, 4.69) is 10.3 Å². The van der Waals surface area contributed by atoms with Crippen LogP contribution in [-0.4, -0.2) is 25.1 Å². The summed E-state index contributed by atoms with van der Waals surface area (Å²) in [5.74, 6) is 1.12. The minimum Gasteiger partial charge on any atom is -0.497 e. The smallest absolute Gasteiger partial charge is 0.257 e. The number of nitrogens with one attached hydrogen (secondary N) is 1. The maximum absolute atomic E-state index is 12.2. The molecule has 3 aromatic rings. The number of methoxy groups -OCH3 is 2. The topological polar surface area (TPSA) is 60.5 Å². The van der Waals surface area contributed by atoms with Crippen LogP contribution < -0.4 is 14.8 Å². The molecule has 0 radical (unpaired) electrons. The van der Waals surface area contributed by atoms with Gasteiger partial charge in [0.25, 0.3) is 5.91 Å². The molecule has 1 aromatic heterocycles. The molecular formula is C18H15ClN2O3S. The van der Waals surface area contributed by atoms with Crippen molar-refractivity contribution in [1.82, 2.24) is 4.98 Å². The zero-order valence-corrected chi connectivity index (χ0v) is 15.1. The standard InChI is InChI=1S/C18H15ClN2O3S/c1-23-13-7-8-14(16(9-13)24-2)15-10-25-18(20-15)21-17(22)11-3-5-12(19)6-4-11/h3-10H,1-2H3,(H,20,21,22). The van der Waals surface area contributed by atoms with Gasteiger partial charge in [-0.25, -0.2) is 4.98 Å². The predicted molar refractivity (Wildman–Crippen MR) is 100 cm³/mol. The molecule has 5 nitrogen and oxygen atoms in total. The van der Waals surface area contributed by atoms with E-state index in [1.165, 1.54) is 11.3 Å². The van der Waals surface area contributed by atoms with Gasteiger partial charge in [-0.1, -0.05) is 11.6 Å². The lowest BCUT2D eigenvalue weighted by molar-refractivity contribution is 0.102. The normalized spacial score (nSPS) is 10.4. The third kappa shape index (κ3) is 3.92. The van der Waals surface area contributed by atoms with Gasteiger partial charge >= 0.3 is 0 Å². The number of rotatable bonds is 5. The molecule has 0 spiro atoms. The van der Waals surface area contributed by atoms with Crippen molar-refractivity contribution < 1.29 is 14.3 Å². The first-order valence-corrected chi connectivity index (χ1v) is 8.61. The van der Waals surface area contributed by atoms with E-state index in [1.54, 1.807) is 44.6 Å². The van der Waals surface area contributed by atoms with E-state index in [9.17, 15) is 4.79 Å². The van der Waals surface area contributed by atoms with Crippen molar-refractivity contribution in [3.8, 4) is 22.8 Å². The third-order valence-electron chi connectivity index (χ3n) is 3.52. The first kappa shape index (κ1) is 17.3. The molecule has 0 aliphatic heterocycles. The quantitative estimate of drug-likeness (QED) is 0.701. The largest absolute Gasteiger partial charge is 0.497 e. The van der Waals surface area contributed by atoms with Crippen LogP contribution in [-0.2, 0) is 0 Å². The Balaban J connectivity index is 1.81. The number of carbonyl (C=O) groups excluding carboxylic acids is 1. The number of hydrogen-bond donors (Lipinski definition) is 1. The average Bonchev–Trinajstić information content (AvgIpc) is 3.09. The molecule has 0 saturated heterocycles. The van der Waals surface area contributed by atoms with Crippen molar-refractivity contribution >= 4 is 34.0 Å². The lowest BCUT2D eigenvalue weighted by atomic mass is 10.1. The molecule has 128 valence electrons. The first-order valence-electron chi connectivity index (χ1n) is 7.35. The Morgan fingerprint density at radius 3 is 2.56 bits per heavy atom. The number of anilines is 1. The summed E-state index contributed by atoms with van der Waals surface area (Å²) in [7, 11) is 3.19. The van der Waals surface area contributed by atoms with Gasteiger partial charge in [0.2, 0.25) is 0 Å². The highest BCUT2D eigenvalue weighted by Crippen LogP contribution is 2.34. The van der Waals surface area contributed by atoms with Crippen LogP contribution in [0.4, 0.5) is 5.13 Å². The molecule has 1 heterocycles. The van der Waals surface area contributed by atoms with E-state index in [1.807, 2.05) is 17.5 Å². The zero-order valence-electron chi connectivity index (χ0n) is 13.6. The minimum atomic E-state index is -0.237. The fourth-order valence-electron chi connectivity index (χ4n) is 2.24. The second kappa shape index (κ2) is 7.55. The van der Waals surface area contributed by atoms with Gasteiger partial charge in [0.05, 0.1) is 19.9 Å². The molecule has 2 aromatic carbocycles. The molecular weight excluding hydrogens is 360 g/mol. The molecule has 7 heteroatoms. The van der Waals surface area contributed by atoms with Gasteiger partial charge < -0.3 is 9.47 Å². The van der Waals surface area contributed by atoms with Crippen LogP contribution in [0.2, 0.25) is 5.02 Å². The Labute approximate surface area is 154 Å². The first-order chi connectivity index (χ1) is 12.1. The Kier molecular flexibility index (Phi) is 5.21. The summed E-state index contributed by atoms with van der Waals surface area (Å²) in [6.45, 7) is 0. The monoisotopic (exact) mass is 374 g/mol. The summed E-state index contributed by atoms with van der Waals surface area (Å²) < 4.78 is 10.6. The fourth-order valence-corrected chi connectivity index (χ4v) is 3.07. The molecule has 0 saturated carbocycles. The van der Waals surface area contributed by atoms with Crippen LogP contribution in [0.1, 0.15) is 10.4 Å². The summed E-state index contributed by atoms with van der Waals surface area (Å²) >= 11 is 7.18. The maximum atomic E-state index is 12.2. The van der Waals surface area contributed by atoms with Crippen molar-refractivity contribution in [2.75, 3.05) is 19.5 Å². The lowest BCUT2D eigenvalue weighted by Gasteiger charge is -2.08. The van der Waals surface area contributed by atoms with Gasteiger partial charge in [0.1, 0.15) is 11.5 Å². The number of nitrogens with zero attached hydrogens (tertiary/aromatic N) is 1. The molecule has 0 unspecified atom stereocenters. The van der Waals surface area contributed by atoms with Crippen molar-refractivity contribution in [2.45, 2.75) is 0 Å². The number of hydrogen-bond acceptors (Lipinski definition) is 5. The molecule has 1 N–H and O–H groups in total. The van der Waals surface area contributed by atoms with Crippen LogP contribution in [0.15, 0.2) is 47.8 Å². The predicted octanol–water partition coefficient (Wildman–Crippen LogP) is 4.73.